The van der Waals surface area contributed by atoms with Crippen molar-refractivity contribution in [2.24, 2.45) is 4.99 Å². The second-order valence-electron chi connectivity index (χ2n) is 1.54. The van der Waals surface area contributed by atoms with Crippen LogP contribution in [0, 0.1) is 0 Å². The molecule has 0 radical (unpaired) electrons. The summed E-state index contributed by atoms with van der Waals surface area (Å²) in [6, 6.07) is 0.442. The van der Waals surface area contributed by atoms with E-state index in [1.54, 1.807) is 11.8 Å². The van der Waals surface area contributed by atoms with Gasteiger partial charge < -0.3 is 0 Å². The molecule has 0 N–H and O–H groups in total. The molecular formula is C4H6ClNS. The third-order valence-electron chi connectivity index (χ3n) is 0.766. The summed E-state index contributed by atoms with van der Waals surface area (Å²) in [5.41, 5.74) is 0. The number of halogens is 1. The molecule has 0 saturated carbocycles. The Morgan fingerprint density at radius 3 is 2.86 bits per heavy atom. The van der Waals surface area contributed by atoms with E-state index in [0.717, 1.165) is 5.75 Å². The summed E-state index contributed by atoms with van der Waals surface area (Å²) in [5, 5.41) is 0. The molecule has 0 saturated heterocycles. The first-order valence-electron chi connectivity index (χ1n) is 2.15. The summed E-state index contributed by atoms with van der Waals surface area (Å²) in [7, 11) is 0. The van der Waals surface area contributed by atoms with Crippen molar-refractivity contribution in [1.29, 1.82) is 0 Å². The number of nitrogens with zero attached hydrogens (tertiary/aromatic N) is 1. The van der Waals surface area contributed by atoms with Gasteiger partial charge in [-0.05, 0) is 6.92 Å². The molecule has 1 rings (SSSR count). The van der Waals surface area contributed by atoms with E-state index in [0.29, 0.717) is 10.5 Å². The largest absolute Gasteiger partial charge is 0.263 e. The van der Waals surface area contributed by atoms with Gasteiger partial charge in [0.2, 0.25) is 0 Å². The summed E-state index contributed by atoms with van der Waals surface area (Å²) >= 11 is 7.14. The normalized spacial score (nSPS) is 30.6. The Hall–Kier alpha value is 0.310. The van der Waals surface area contributed by atoms with Gasteiger partial charge in [-0.1, -0.05) is 23.4 Å². The molecule has 0 fully saturated rings. The van der Waals surface area contributed by atoms with E-state index in [9.17, 15) is 0 Å². The van der Waals surface area contributed by atoms with Crippen LogP contribution >= 0.6 is 23.4 Å². The van der Waals surface area contributed by atoms with Crippen LogP contribution in [-0.4, -0.2) is 16.3 Å². The molecule has 7 heavy (non-hydrogen) atoms. The minimum absolute atomic E-state index is 0.442. The van der Waals surface area contributed by atoms with Gasteiger partial charge in [-0.25, -0.2) is 0 Å². The number of rotatable bonds is 0. The maximum Gasteiger partial charge on any atom is 0.158 e. The van der Waals surface area contributed by atoms with E-state index in [1.165, 1.54) is 0 Å². The molecule has 0 spiro atoms. The Labute approximate surface area is 52.1 Å². The zero-order chi connectivity index (χ0) is 5.28. The van der Waals surface area contributed by atoms with Gasteiger partial charge in [-0.2, -0.15) is 0 Å². The fourth-order valence-electron chi connectivity index (χ4n) is 0.437. The maximum absolute atomic E-state index is 5.52. The molecule has 1 unspecified atom stereocenters. The van der Waals surface area contributed by atoms with Gasteiger partial charge in [-0.3, -0.25) is 4.99 Å². The zero-order valence-electron chi connectivity index (χ0n) is 4.02. The van der Waals surface area contributed by atoms with Gasteiger partial charge in [-0.15, -0.1) is 0 Å². The highest BCUT2D eigenvalue weighted by Crippen LogP contribution is 2.19. The summed E-state index contributed by atoms with van der Waals surface area (Å²) in [6.45, 7) is 2.06. The van der Waals surface area contributed by atoms with Gasteiger partial charge in [0.25, 0.3) is 0 Å². The standard InChI is InChI=1S/C4H6ClNS/c1-3-2-7-4(5)6-3/h3H,2H2,1H3. The summed E-state index contributed by atoms with van der Waals surface area (Å²) in [6.07, 6.45) is 0. The van der Waals surface area contributed by atoms with Gasteiger partial charge in [0.15, 0.2) is 4.50 Å². The first-order chi connectivity index (χ1) is 3.29. The quantitative estimate of drug-likeness (QED) is 0.493. The highest BCUT2D eigenvalue weighted by atomic mass is 35.5. The molecule has 0 aromatic carbocycles. The van der Waals surface area contributed by atoms with Crippen molar-refractivity contribution in [3.8, 4) is 0 Å². The summed E-state index contributed by atoms with van der Waals surface area (Å²) in [4.78, 5) is 4.03. The van der Waals surface area contributed by atoms with E-state index in [1.807, 2.05) is 0 Å². The first-order valence-corrected chi connectivity index (χ1v) is 3.51. The molecule has 0 aromatic rings. The minimum Gasteiger partial charge on any atom is -0.263 e. The van der Waals surface area contributed by atoms with Crippen molar-refractivity contribution >= 4 is 27.9 Å². The molecule has 1 nitrogen and oxygen atoms in total. The van der Waals surface area contributed by atoms with Crippen LogP contribution < -0.4 is 0 Å². The topological polar surface area (TPSA) is 12.4 Å². The lowest BCUT2D eigenvalue weighted by Gasteiger charge is -1.87. The average molecular weight is 136 g/mol. The molecule has 0 amide bonds. The molecule has 0 bridgehead atoms. The van der Waals surface area contributed by atoms with Crippen LogP contribution in [-0.2, 0) is 0 Å². The van der Waals surface area contributed by atoms with Crippen LogP contribution in [0.5, 0.6) is 0 Å². The van der Waals surface area contributed by atoms with Crippen molar-refractivity contribution in [3.05, 3.63) is 0 Å². The van der Waals surface area contributed by atoms with Crippen molar-refractivity contribution in [2.45, 2.75) is 13.0 Å². The van der Waals surface area contributed by atoms with Gasteiger partial charge in [0.05, 0.1) is 6.04 Å². The average Bonchev–Trinajstić information content (AvgIpc) is 1.87. The molecule has 3 heteroatoms. The van der Waals surface area contributed by atoms with E-state index >= 15 is 0 Å². The maximum atomic E-state index is 5.52. The van der Waals surface area contributed by atoms with E-state index in [-0.39, 0.29) is 0 Å². The second kappa shape index (κ2) is 2.05. The molecule has 1 heterocycles. The predicted octanol–water partition coefficient (Wildman–Crippen LogP) is 1.72. The molecule has 1 aliphatic heterocycles. The first kappa shape index (κ1) is 5.45. The molecule has 0 aliphatic carbocycles. The number of aliphatic imine (C=N–C) groups is 1. The van der Waals surface area contributed by atoms with Crippen molar-refractivity contribution in [3.63, 3.8) is 0 Å². The lowest BCUT2D eigenvalue weighted by atomic mass is 10.4. The van der Waals surface area contributed by atoms with E-state index in [2.05, 4.69) is 11.9 Å². The Balaban J connectivity index is 2.50. The van der Waals surface area contributed by atoms with Crippen molar-refractivity contribution in [1.82, 2.24) is 0 Å². The van der Waals surface area contributed by atoms with Gasteiger partial charge >= 0.3 is 0 Å². The fourth-order valence-corrected chi connectivity index (χ4v) is 1.50. The highest BCUT2D eigenvalue weighted by Gasteiger charge is 2.09. The van der Waals surface area contributed by atoms with Crippen LogP contribution in [0.2, 0.25) is 0 Å². The molecule has 1 aliphatic rings. The van der Waals surface area contributed by atoms with E-state index in [4.69, 9.17) is 11.6 Å². The highest BCUT2D eigenvalue weighted by molar-refractivity contribution is 8.17. The lowest BCUT2D eigenvalue weighted by molar-refractivity contribution is 0.867. The van der Waals surface area contributed by atoms with Gasteiger partial charge in [0, 0.05) is 5.75 Å². The zero-order valence-corrected chi connectivity index (χ0v) is 5.59. The summed E-state index contributed by atoms with van der Waals surface area (Å²) < 4.78 is 0.715. The van der Waals surface area contributed by atoms with E-state index < -0.39 is 0 Å². The number of hydrogen-bond acceptors (Lipinski definition) is 2. The number of hydrogen-bond donors (Lipinski definition) is 0. The molecule has 1 atom stereocenters. The van der Waals surface area contributed by atoms with Gasteiger partial charge in [0.1, 0.15) is 0 Å². The SMILES string of the molecule is CC1CSC(Cl)=N1. The fraction of sp³-hybridized carbons (Fsp3) is 0.750. The summed E-state index contributed by atoms with van der Waals surface area (Å²) in [5.74, 6) is 1.05. The Kier molecular flexibility index (Phi) is 1.60. The van der Waals surface area contributed by atoms with Crippen molar-refractivity contribution in [2.75, 3.05) is 5.75 Å². The van der Waals surface area contributed by atoms with Crippen LogP contribution in [0.15, 0.2) is 4.99 Å². The third-order valence-corrected chi connectivity index (χ3v) is 2.18. The lowest BCUT2D eigenvalue weighted by Crippen LogP contribution is -1.92. The van der Waals surface area contributed by atoms with Crippen LogP contribution in [0.1, 0.15) is 6.92 Å². The molecule has 0 aromatic heterocycles. The van der Waals surface area contributed by atoms with Crippen LogP contribution in [0.4, 0.5) is 0 Å². The monoisotopic (exact) mass is 135 g/mol. The Morgan fingerprint density at radius 1 is 2.00 bits per heavy atom. The number of thioether (sulfide) groups is 1. The predicted molar refractivity (Wildman–Crippen MR) is 35.2 cm³/mol. The Bertz CT molecular complexity index is 102. The van der Waals surface area contributed by atoms with Crippen LogP contribution in [0.3, 0.4) is 0 Å². The smallest absolute Gasteiger partial charge is 0.158 e. The second-order valence-corrected chi connectivity index (χ2v) is 3.13. The Morgan fingerprint density at radius 2 is 2.71 bits per heavy atom. The molecular weight excluding hydrogens is 130 g/mol. The third kappa shape index (κ3) is 1.35. The van der Waals surface area contributed by atoms with Crippen LogP contribution in [0.25, 0.3) is 0 Å². The van der Waals surface area contributed by atoms with Crippen molar-refractivity contribution < 1.29 is 0 Å². The molecule has 40 valence electrons. The minimum atomic E-state index is 0.442.